The Morgan fingerprint density at radius 2 is 0.800 bits per heavy atom. The number of rotatable bonds is 0. The first-order valence-electron chi connectivity index (χ1n) is 5.52. The predicted molar refractivity (Wildman–Crippen MR) is 82.2 cm³/mol. The van der Waals surface area contributed by atoms with Crippen molar-refractivity contribution >= 4 is 47.0 Å². The Kier molecular flexibility index (Phi) is 11.4. The minimum Gasteiger partial charge on any atom is -0.315 e. The van der Waals surface area contributed by atoms with Crippen LogP contribution in [0.4, 0.5) is 0 Å². The Morgan fingerprint density at radius 3 is 1.20 bits per heavy atom. The molecule has 1 heterocycles. The molecular formula is C10H21NS4. The molecule has 1 fully saturated rings. The van der Waals surface area contributed by atoms with Crippen molar-refractivity contribution in [2.24, 2.45) is 0 Å². The molecule has 15 heavy (non-hydrogen) atoms. The molecule has 0 radical (unpaired) electrons. The van der Waals surface area contributed by atoms with Gasteiger partial charge in [0, 0.05) is 59.1 Å². The van der Waals surface area contributed by atoms with Crippen molar-refractivity contribution in [1.29, 1.82) is 0 Å². The molecule has 0 aliphatic carbocycles. The Bertz CT molecular complexity index is 76.0. The van der Waals surface area contributed by atoms with Crippen molar-refractivity contribution in [3.05, 3.63) is 0 Å². The maximum Gasteiger partial charge on any atom is 0.00584 e. The fourth-order valence-corrected chi connectivity index (χ4v) is 5.40. The average Bonchev–Trinajstić information content (AvgIpc) is 2.27. The lowest BCUT2D eigenvalue weighted by Crippen LogP contribution is -2.20. The maximum absolute atomic E-state index is 3.50. The van der Waals surface area contributed by atoms with Gasteiger partial charge in [-0.2, -0.15) is 47.0 Å². The summed E-state index contributed by atoms with van der Waals surface area (Å²) in [5, 5.41) is 3.50. The van der Waals surface area contributed by atoms with Gasteiger partial charge in [0.15, 0.2) is 0 Å². The van der Waals surface area contributed by atoms with Gasteiger partial charge in [0.05, 0.1) is 0 Å². The molecule has 1 aliphatic heterocycles. The molecule has 0 unspecified atom stereocenters. The van der Waals surface area contributed by atoms with E-state index in [1.54, 1.807) is 0 Å². The van der Waals surface area contributed by atoms with E-state index in [4.69, 9.17) is 0 Å². The van der Waals surface area contributed by atoms with Crippen molar-refractivity contribution in [2.45, 2.75) is 0 Å². The van der Waals surface area contributed by atoms with Crippen molar-refractivity contribution in [3.63, 3.8) is 0 Å². The Balaban J connectivity index is 2.01. The Labute approximate surface area is 111 Å². The van der Waals surface area contributed by atoms with Crippen LogP contribution in [0.5, 0.6) is 0 Å². The summed E-state index contributed by atoms with van der Waals surface area (Å²) in [7, 11) is 0. The zero-order valence-electron chi connectivity index (χ0n) is 9.20. The lowest BCUT2D eigenvalue weighted by Gasteiger charge is -2.03. The largest absolute Gasteiger partial charge is 0.315 e. The van der Waals surface area contributed by atoms with E-state index in [0.29, 0.717) is 0 Å². The first-order valence-corrected chi connectivity index (χ1v) is 10.1. The van der Waals surface area contributed by atoms with Gasteiger partial charge < -0.3 is 5.32 Å². The van der Waals surface area contributed by atoms with Gasteiger partial charge >= 0.3 is 0 Å². The fraction of sp³-hybridized carbons (Fsp3) is 1.00. The molecule has 0 aromatic rings. The summed E-state index contributed by atoms with van der Waals surface area (Å²) in [6, 6.07) is 0. The number of hydrogen-bond donors (Lipinski definition) is 1. The highest BCUT2D eigenvalue weighted by atomic mass is 32.2. The molecule has 5 heteroatoms. The minimum atomic E-state index is 1.19. The number of nitrogens with one attached hydrogen (secondary N) is 1. The second kappa shape index (κ2) is 11.8. The number of thioether (sulfide) groups is 4. The zero-order chi connectivity index (χ0) is 10.6. The monoisotopic (exact) mass is 283 g/mol. The molecule has 1 aliphatic rings. The van der Waals surface area contributed by atoms with Gasteiger partial charge in [-0.15, -0.1) is 0 Å². The summed E-state index contributed by atoms with van der Waals surface area (Å²) in [4.78, 5) is 0. The highest BCUT2D eigenvalue weighted by molar-refractivity contribution is 8.05. The third-order valence-corrected chi connectivity index (χ3v) is 6.68. The van der Waals surface area contributed by atoms with E-state index >= 15 is 0 Å². The predicted octanol–water partition coefficient (Wildman–Crippen LogP) is 2.52. The van der Waals surface area contributed by atoms with Gasteiger partial charge in [-0.25, -0.2) is 0 Å². The third-order valence-electron chi connectivity index (χ3n) is 1.96. The van der Waals surface area contributed by atoms with Crippen LogP contribution in [-0.2, 0) is 0 Å². The third kappa shape index (κ3) is 10.2. The van der Waals surface area contributed by atoms with Crippen LogP contribution >= 0.6 is 47.0 Å². The van der Waals surface area contributed by atoms with Gasteiger partial charge in [-0.05, 0) is 0 Å². The van der Waals surface area contributed by atoms with E-state index in [0.717, 1.165) is 0 Å². The van der Waals surface area contributed by atoms with E-state index in [-0.39, 0.29) is 0 Å². The van der Waals surface area contributed by atoms with Crippen LogP contribution in [0, 0.1) is 0 Å². The van der Waals surface area contributed by atoms with Crippen molar-refractivity contribution in [3.8, 4) is 0 Å². The van der Waals surface area contributed by atoms with Crippen LogP contribution in [-0.4, -0.2) is 59.1 Å². The zero-order valence-corrected chi connectivity index (χ0v) is 12.5. The van der Waals surface area contributed by atoms with Gasteiger partial charge in [0.1, 0.15) is 0 Å². The van der Waals surface area contributed by atoms with E-state index < -0.39 is 0 Å². The molecule has 0 aromatic heterocycles. The fourth-order valence-electron chi connectivity index (χ4n) is 1.18. The second-order valence-corrected chi connectivity index (χ2v) is 8.10. The van der Waals surface area contributed by atoms with Crippen LogP contribution in [0.1, 0.15) is 0 Å². The summed E-state index contributed by atoms with van der Waals surface area (Å²) in [5.41, 5.74) is 0. The summed E-state index contributed by atoms with van der Waals surface area (Å²) in [5.74, 6) is 10.6. The first kappa shape index (κ1) is 14.4. The standard InChI is InChI=1S/C10H21NS4/c1-3-12-5-7-14-9-10-15-8-6-13-4-2-11-1/h11H,1-10H2. The highest BCUT2D eigenvalue weighted by Gasteiger charge is 1.95. The van der Waals surface area contributed by atoms with Gasteiger partial charge in [-0.3, -0.25) is 0 Å². The van der Waals surface area contributed by atoms with Crippen LogP contribution in [0.15, 0.2) is 0 Å². The SMILES string of the molecule is C1CSCCSCCSCCSCCN1. The van der Waals surface area contributed by atoms with E-state index in [1.807, 2.05) is 0 Å². The quantitative estimate of drug-likeness (QED) is 0.731. The lowest BCUT2D eigenvalue weighted by atomic mass is 10.7. The highest BCUT2D eigenvalue weighted by Crippen LogP contribution is 2.12. The second-order valence-electron chi connectivity index (χ2n) is 3.20. The van der Waals surface area contributed by atoms with Crippen LogP contribution in [0.25, 0.3) is 0 Å². The Morgan fingerprint density at radius 1 is 0.467 bits per heavy atom. The molecule has 0 aromatic carbocycles. The normalized spacial score (nSPS) is 24.0. The molecule has 0 amide bonds. The molecule has 1 N–H and O–H groups in total. The average molecular weight is 284 g/mol. The molecule has 0 saturated carbocycles. The molecule has 1 saturated heterocycles. The van der Waals surface area contributed by atoms with E-state index in [1.165, 1.54) is 59.1 Å². The van der Waals surface area contributed by atoms with Gasteiger partial charge in [0.2, 0.25) is 0 Å². The molecule has 1 nitrogen and oxygen atoms in total. The smallest absolute Gasteiger partial charge is 0.00584 e. The van der Waals surface area contributed by atoms with Crippen molar-refractivity contribution < 1.29 is 0 Å². The Hall–Kier alpha value is 1.36. The van der Waals surface area contributed by atoms with Crippen LogP contribution < -0.4 is 5.32 Å². The van der Waals surface area contributed by atoms with Gasteiger partial charge in [-0.1, -0.05) is 0 Å². The number of hydrogen-bond acceptors (Lipinski definition) is 5. The van der Waals surface area contributed by atoms with E-state index in [2.05, 4.69) is 52.4 Å². The molecule has 1 rings (SSSR count). The first-order chi connectivity index (χ1) is 7.50. The van der Waals surface area contributed by atoms with Crippen LogP contribution in [0.3, 0.4) is 0 Å². The van der Waals surface area contributed by atoms with Gasteiger partial charge in [0.25, 0.3) is 0 Å². The summed E-state index contributed by atoms with van der Waals surface area (Å²) in [6.45, 7) is 2.37. The topological polar surface area (TPSA) is 12.0 Å². The molecular weight excluding hydrogens is 262 g/mol. The minimum absolute atomic E-state index is 1.19. The van der Waals surface area contributed by atoms with Crippen molar-refractivity contribution in [1.82, 2.24) is 5.32 Å². The van der Waals surface area contributed by atoms with Crippen LogP contribution in [0.2, 0.25) is 0 Å². The molecule has 0 atom stereocenters. The lowest BCUT2D eigenvalue weighted by molar-refractivity contribution is 0.774. The molecule has 90 valence electrons. The maximum atomic E-state index is 3.50. The summed E-state index contributed by atoms with van der Waals surface area (Å²) in [6.07, 6.45) is 0. The summed E-state index contributed by atoms with van der Waals surface area (Å²) < 4.78 is 0. The van der Waals surface area contributed by atoms with Crippen molar-refractivity contribution in [2.75, 3.05) is 59.1 Å². The molecule has 0 bridgehead atoms. The van der Waals surface area contributed by atoms with E-state index in [9.17, 15) is 0 Å². The summed E-state index contributed by atoms with van der Waals surface area (Å²) >= 11 is 8.41. The molecule has 0 spiro atoms.